The van der Waals surface area contributed by atoms with E-state index in [0.717, 1.165) is 0 Å². The monoisotopic (exact) mass is 227 g/mol. The molecule has 0 unspecified atom stereocenters. The van der Waals surface area contributed by atoms with Crippen LogP contribution in [0.25, 0.3) is 0 Å². The Bertz CT molecular complexity index is 336. The molecular formula is C11H17NO4. The molecule has 3 fully saturated rings. The van der Waals surface area contributed by atoms with Crippen LogP contribution in [0.5, 0.6) is 0 Å². The second-order valence-corrected chi connectivity index (χ2v) is 6.02. The maximum absolute atomic E-state index is 11.5. The Morgan fingerprint density at radius 2 is 1.75 bits per heavy atom. The molecule has 0 saturated heterocycles. The molecule has 0 aliphatic heterocycles. The van der Waals surface area contributed by atoms with Gasteiger partial charge < -0.3 is 15.2 Å². The highest BCUT2D eigenvalue weighted by Crippen LogP contribution is 2.67. The molecule has 5 heteroatoms. The standard InChI is InChI=1S/C11H17NO4/c1-9(2,3)16-8(15)12-11-4-10(5-11,6-11)7(13)14/h4-6H2,1-3H3,(H,12,15)(H,13,14). The van der Waals surface area contributed by atoms with Crippen molar-refractivity contribution in [2.24, 2.45) is 5.41 Å². The third-order valence-corrected chi connectivity index (χ3v) is 3.25. The fourth-order valence-electron chi connectivity index (χ4n) is 2.67. The van der Waals surface area contributed by atoms with Gasteiger partial charge in [0.15, 0.2) is 0 Å². The minimum atomic E-state index is -0.750. The van der Waals surface area contributed by atoms with Gasteiger partial charge in [0.25, 0.3) is 0 Å². The SMILES string of the molecule is CC(C)(C)OC(=O)NC12CC(C(=O)O)(C1)C2. The van der Waals surface area contributed by atoms with Gasteiger partial charge in [-0.1, -0.05) is 0 Å². The molecule has 1 amide bonds. The number of rotatable bonds is 2. The molecule has 0 heterocycles. The summed E-state index contributed by atoms with van der Waals surface area (Å²) >= 11 is 0. The molecule has 0 spiro atoms. The van der Waals surface area contributed by atoms with E-state index in [1.807, 2.05) is 0 Å². The minimum Gasteiger partial charge on any atom is -0.481 e. The van der Waals surface area contributed by atoms with Gasteiger partial charge in [0.05, 0.1) is 5.41 Å². The van der Waals surface area contributed by atoms with Gasteiger partial charge in [-0.25, -0.2) is 4.79 Å². The molecular weight excluding hydrogens is 210 g/mol. The number of carboxylic acid groups (broad SMARTS) is 1. The summed E-state index contributed by atoms with van der Waals surface area (Å²) in [6, 6.07) is 0. The lowest BCUT2D eigenvalue weighted by Crippen LogP contribution is -2.77. The Balaban J connectivity index is 1.83. The summed E-state index contributed by atoms with van der Waals surface area (Å²) in [7, 11) is 0. The fourth-order valence-corrected chi connectivity index (χ4v) is 2.67. The third kappa shape index (κ3) is 1.64. The van der Waals surface area contributed by atoms with E-state index in [0.29, 0.717) is 19.3 Å². The summed E-state index contributed by atoms with van der Waals surface area (Å²) in [6.45, 7) is 5.40. The van der Waals surface area contributed by atoms with E-state index in [9.17, 15) is 9.59 Å². The van der Waals surface area contributed by atoms with Crippen LogP contribution >= 0.6 is 0 Å². The fraction of sp³-hybridized carbons (Fsp3) is 0.818. The number of aliphatic carboxylic acids is 1. The predicted octanol–water partition coefficient (Wildman–Crippen LogP) is 1.52. The van der Waals surface area contributed by atoms with E-state index in [-0.39, 0.29) is 5.54 Å². The number of amides is 1. The minimum absolute atomic E-state index is 0.305. The van der Waals surface area contributed by atoms with Crippen molar-refractivity contribution in [1.29, 1.82) is 0 Å². The van der Waals surface area contributed by atoms with Crippen LogP contribution in [0, 0.1) is 5.41 Å². The van der Waals surface area contributed by atoms with Gasteiger partial charge >= 0.3 is 12.1 Å². The Morgan fingerprint density at radius 1 is 1.25 bits per heavy atom. The van der Waals surface area contributed by atoms with Crippen molar-refractivity contribution in [3.63, 3.8) is 0 Å². The van der Waals surface area contributed by atoms with E-state index in [1.54, 1.807) is 20.8 Å². The lowest BCUT2D eigenvalue weighted by atomic mass is 9.39. The van der Waals surface area contributed by atoms with Gasteiger partial charge in [0.2, 0.25) is 0 Å². The number of carboxylic acids is 1. The highest BCUT2D eigenvalue weighted by Gasteiger charge is 2.72. The van der Waals surface area contributed by atoms with E-state index in [4.69, 9.17) is 9.84 Å². The highest BCUT2D eigenvalue weighted by atomic mass is 16.6. The molecule has 0 aromatic rings. The first-order chi connectivity index (χ1) is 7.17. The summed E-state index contributed by atoms with van der Waals surface area (Å²) in [6.07, 6.45) is 1.16. The second-order valence-electron chi connectivity index (χ2n) is 6.02. The molecule has 0 atom stereocenters. The number of hydrogen-bond donors (Lipinski definition) is 2. The van der Waals surface area contributed by atoms with Gasteiger partial charge in [-0.3, -0.25) is 4.79 Å². The maximum Gasteiger partial charge on any atom is 0.408 e. The molecule has 2 N–H and O–H groups in total. The average molecular weight is 227 g/mol. The van der Waals surface area contributed by atoms with Crippen LogP contribution in [0.2, 0.25) is 0 Å². The topological polar surface area (TPSA) is 75.6 Å². The first kappa shape index (κ1) is 11.2. The van der Waals surface area contributed by atoms with Crippen LogP contribution in [-0.2, 0) is 9.53 Å². The van der Waals surface area contributed by atoms with Crippen LogP contribution in [0.1, 0.15) is 40.0 Å². The van der Waals surface area contributed by atoms with Gasteiger partial charge in [-0.05, 0) is 40.0 Å². The van der Waals surface area contributed by atoms with Crippen molar-refractivity contribution >= 4 is 12.1 Å². The molecule has 2 bridgehead atoms. The Labute approximate surface area is 94.2 Å². The smallest absolute Gasteiger partial charge is 0.408 e. The zero-order valence-corrected chi connectivity index (χ0v) is 9.79. The van der Waals surface area contributed by atoms with Gasteiger partial charge in [0.1, 0.15) is 5.60 Å². The van der Waals surface area contributed by atoms with Crippen LogP contribution in [-0.4, -0.2) is 28.3 Å². The zero-order valence-electron chi connectivity index (χ0n) is 9.79. The molecule has 3 aliphatic carbocycles. The van der Waals surface area contributed by atoms with Crippen molar-refractivity contribution in [3.8, 4) is 0 Å². The first-order valence-electron chi connectivity index (χ1n) is 5.41. The predicted molar refractivity (Wildman–Crippen MR) is 56.0 cm³/mol. The second kappa shape index (κ2) is 2.90. The lowest BCUT2D eigenvalue weighted by Gasteiger charge is -2.67. The van der Waals surface area contributed by atoms with Crippen LogP contribution in [0.3, 0.4) is 0 Å². The number of carbonyl (C=O) groups is 2. The zero-order chi connectivity index (χ0) is 12.2. The van der Waals surface area contributed by atoms with Gasteiger partial charge in [-0.15, -0.1) is 0 Å². The van der Waals surface area contributed by atoms with Gasteiger partial charge in [0, 0.05) is 5.54 Å². The molecule has 5 nitrogen and oxygen atoms in total. The summed E-state index contributed by atoms with van der Waals surface area (Å²) in [5.41, 5.74) is -1.38. The number of alkyl carbamates (subject to hydrolysis) is 1. The summed E-state index contributed by atoms with van der Waals surface area (Å²) in [4.78, 5) is 22.3. The normalized spacial score (nSPS) is 35.7. The molecule has 0 radical (unpaired) electrons. The number of hydrogen-bond acceptors (Lipinski definition) is 3. The molecule has 0 aromatic carbocycles. The van der Waals surface area contributed by atoms with Crippen molar-refractivity contribution in [1.82, 2.24) is 5.32 Å². The van der Waals surface area contributed by atoms with E-state index < -0.39 is 23.1 Å². The lowest BCUT2D eigenvalue weighted by molar-refractivity contribution is -0.197. The summed E-state index contributed by atoms with van der Waals surface area (Å²) in [5, 5.41) is 11.7. The molecule has 16 heavy (non-hydrogen) atoms. The van der Waals surface area contributed by atoms with E-state index in [2.05, 4.69) is 5.32 Å². The summed E-state index contributed by atoms with van der Waals surface area (Å²) < 4.78 is 5.13. The number of ether oxygens (including phenoxy) is 1. The molecule has 3 rings (SSSR count). The largest absolute Gasteiger partial charge is 0.481 e. The van der Waals surface area contributed by atoms with Crippen molar-refractivity contribution < 1.29 is 19.4 Å². The maximum atomic E-state index is 11.5. The first-order valence-corrected chi connectivity index (χ1v) is 5.41. The summed E-state index contributed by atoms with van der Waals surface area (Å²) in [5.74, 6) is -0.750. The van der Waals surface area contributed by atoms with Crippen molar-refractivity contribution in [2.45, 2.75) is 51.2 Å². The number of carbonyl (C=O) groups excluding carboxylic acids is 1. The Kier molecular flexibility index (Phi) is 2.03. The van der Waals surface area contributed by atoms with Crippen molar-refractivity contribution in [2.75, 3.05) is 0 Å². The quantitative estimate of drug-likeness (QED) is 0.750. The Hall–Kier alpha value is -1.26. The van der Waals surface area contributed by atoms with Crippen LogP contribution < -0.4 is 5.32 Å². The molecule has 90 valence electrons. The average Bonchev–Trinajstić information content (AvgIpc) is 1.88. The molecule has 3 aliphatic rings. The van der Waals surface area contributed by atoms with E-state index in [1.165, 1.54) is 0 Å². The van der Waals surface area contributed by atoms with Gasteiger partial charge in [-0.2, -0.15) is 0 Å². The molecule has 3 saturated carbocycles. The van der Waals surface area contributed by atoms with Crippen LogP contribution in [0.15, 0.2) is 0 Å². The Morgan fingerprint density at radius 3 is 2.12 bits per heavy atom. The highest BCUT2D eigenvalue weighted by molar-refractivity contribution is 5.82. The molecule has 0 aromatic heterocycles. The van der Waals surface area contributed by atoms with E-state index >= 15 is 0 Å². The third-order valence-electron chi connectivity index (χ3n) is 3.25. The van der Waals surface area contributed by atoms with Crippen molar-refractivity contribution in [3.05, 3.63) is 0 Å². The van der Waals surface area contributed by atoms with Crippen LogP contribution in [0.4, 0.5) is 4.79 Å². The number of nitrogens with one attached hydrogen (secondary N) is 1.